The van der Waals surface area contributed by atoms with Crippen molar-refractivity contribution in [3.63, 3.8) is 0 Å². The van der Waals surface area contributed by atoms with Gasteiger partial charge in [-0.2, -0.15) is 14.2 Å². The SMILES string of the molecule is CCCCc1cccc2sc3c4c(ccc3c12)C(CC1(CC)[n+]2ccccc2-c2cc(C(C)(C)C)nn2C1(C)CC)[n+]1c-4ccc2ccccc21. The molecule has 2 aliphatic heterocycles. The number of thiophene rings is 1. The second-order valence-electron chi connectivity index (χ2n) is 16.3. The van der Waals surface area contributed by atoms with Gasteiger partial charge in [0.25, 0.3) is 0 Å². The van der Waals surface area contributed by atoms with Gasteiger partial charge in [-0.05, 0) is 62.1 Å². The molecule has 0 amide bonds. The molecular weight excluding hydrogens is 641 g/mol. The molecule has 3 unspecified atom stereocenters. The van der Waals surface area contributed by atoms with Crippen molar-refractivity contribution in [1.82, 2.24) is 9.78 Å². The quantitative estimate of drug-likeness (QED) is 0.153. The standard InChI is InChI=1S/C46H50N4S/c1-8-11-17-31-19-16-22-39-41(31)33-25-24-32-38(49-34-20-13-12-18-30(34)23-26-36(49)42(32)43(33)51-39)29-46(10-3)45(7,9-2)50-37(28-40(47-50)44(4,5)6)35-21-14-15-27-48(35)46/h12-16,18-28,38H,8-11,17,29H2,1-7H3/q+2. The number of unbranched alkanes of at least 4 members (excludes halogenated alkanes) is 1. The number of pyridine rings is 2. The Hall–Kier alpha value is -4.35. The summed E-state index contributed by atoms with van der Waals surface area (Å²) in [5.41, 5.74) is 10.1. The fourth-order valence-electron chi connectivity index (χ4n) is 9.80. The van der Waals surface area contributed by atoms with E-state index in [1.807, 2.05) is 11.3 Å². The summed E-state index contributed by atoms with van der Waals surface area (Å²) in [7, 11) is 0. The zero-order chi connectivity index (χ0) is 35.3. The molecule has 3 atom stereocenters. The first-order chi connectivity index (χ1) is 24.6. The van der Waals surface area contributed by atoms with E-state index in [4.69, 9.17) is 5.10 Å². The van der Waals surface area contributed by atoms with Crippen molar-refractivity contribution in [3.8, 4) is 22.6 Å². The van der Waals surface area contributed by atoms with Crippen LogP contribution in [0.4, 0.5) is 0 Å². The molecule has 6 heterocycles. The molecule has 0 saturated heterocycles. The molecule has 2 aliphatic rings. The van der Waals surface area contributed by atoms with Crippen LogP contribution in [0.5, 0.6) is 0 Å². The smallest absolute Gasteiger partial charge is 0.231 e. The first-order valence-electron chi connectivity index (χ1n) is 19.2. The van der Waals surface area contributed by atoms with E-state index in [-0.39, 0.29) is 22.5 Å². The first-order valence-corrected chi connectivity index (χ1v) is 20.0. The Morgan fingerprint density at radius 3 is 2.47 bits per heavy atom. The molecule has 7 aromatic rings. The summed E-state index contributed by atoms with van der Waals surface area (Å²) in [6.45, 7) is 16.4. The third-order valence-electron chi connectivity index (χ3n) is 12.7. The molecule has 0 spiro atoms. The predicted octanol–water partition coefficient (Wildman–Crippen LogP) is 11.2. The summed E-state index contributed by atoms with van der Waals surface area (Å²) < 4.78 is 10.6. The number of nitrogens with zero attached hydrogens (tertiary/aromatic N) is 4. The summed E-state index contributed by atoms with van der Waals surface area (Å²) in [5, 5.41) is 9.66. The Labute approximate surface area is 306 Å². The number of benzene rings is 3. The minimum Gasteiger partial charge on any atom is -0.246 e. The lowest BCUT2D eigenvalue weighted by molar-refractivity contribution is -0.786. The van der Waals surface area contributed by atoms with Gasteiger partial charge >= 0.3 is 0 Å². The van der Waals surface area contributed by atoms with Crippen molar-refractivity contribution in [2.24, 2.45) is 0 Å². The van der Waals surface area contributed by atoms with Gasteiger partial charge in [0.05, 0.1) is 17.7 Å². The Kier molecular flexibility index (Phi) is 7.39. The number of aryl methyl sites for hydroxylation is 1. The van der Waals surface area contributed by atoms with E-state index in [0.717, 1.165) is 31.4 Å². The molecule has 3 aromatic carbocycles. The lowest BCUT2D eigenvalue weighted by Crippen LogP contribution is -2.72. The second-order valence-corrected chi connectivity index (χ2v) is 17.4. The fraction of sp³-hybridized carbons (Fsp3) is 0.370. The molecule has 0 radical (unpaired) electrons. The van der Waals surface area contributed by atoms with Crippen LogP contribution in [-0.2, 0) is 22.9 Å². The van der Waals surface area contributed by atoms with Crippen LogP contribution in [-0.4, -0.2) is 9.78 Å². The molecule has 258 valence electrons. The number of rotatable bonds is 7. The third-order valence-corrected chi connectivity index (χ3v) is 13.9. The van der Waals surface area contributed by atoms with Crippen LogP contribution in [0, 0.1) is 0 Å². The topological polar surface area (TPSA) is 25.6 Å². The maximum Gasteiger partial charge on any atom is 0.231 e. The number of hydrogen-bond donors (Lipinski definition) is 0. The molecule has 0 fully saturated rings. The highest BCUT2D eigenvalue weighted by atomic mass is 32.1. The highest BCUT2D eigenvalue weighted by molar-refractivity contribution is 7.26. The van der Waals surface area contributed by atoms with Gasteiger partial charge in [-0.25, -0.2) is 4.68 Å². The number of fused-ring (bicyclic) bond motifs is 12. The second kappa shape index (κ2) is 11.6. The van der Waals surface area contributed by atoms with Crippen molar-refractivity contribution in [1.29, 1.82) is 0 Å². The van der Waals surface area contributed by atoms with E-state index in [0.29, 0.717) is 0 Å². The van der Waals surface area contributed by atoms with Crippen LogP contribution < -0.4 is 9.13 Å². The van der Waals surface area contributed by atoms with Crippen molar-refractivity contribution < 1.29 is 9.13 Å². The van der Waals surface area contributed by atoms with Crippen molar-refractivity contribution in [3.05, 3.63) is 114 Å². The van der Waals surface area contributed by atoms with Gasteiger partial charge in [-0.15, -0.1) is 11.3 Å². The summed E-state index contributed by atoms with van der Waals surface area (Å²) in [6.07, 6.45) is 8.84. The van der Waals surface area contributed by atoms with E-state index in [2.05, 4.69) is 159 Å². The first kappa shape index (κ1) is 32.6. The van der Waals surface area contributed by atoms with Gasteiger partial charge in [-0.1, -0.05) is 84.4 Å². The minimum absolute atomic E-state index is 0.0440. The number of para-hydroxylation sites is 1. The van der Waals surface area contributed by atoms with E-state index in [1.54, 1.807) is 0 Å². The molecular formula is C46H50N4S+2. The maximum absolute atomic E-state index is 5.49. The van der Waals surface area contributed by atoms with E-state index in [9.17, 15) is 0 Å². The maximum atomic E-state index is 5.49. The van der Waals surface area contributed by atoms with Gasteiger partial charge < -0.3 is 0 Å². The number of aromatic nitrogens is 4. The molecule has 0 aliphatic carbocycles. The normalized spacial score (nSPS) is 20.9. The Morgan fingerprint density at radius 2 is 1.69 bits per heavy atom. The predicted molar refractivity (Wildman–Crippen MR) is 213 cm³/mol. The van der Waals surface area contributed by atoms with E-state index >= 15 is 0 Å². The number of hydrogen-bond acceptors (Lipinski definition) is 2. The van der Waals surface area contributed by atoms with Gasteiger partial charge in [0.15, 0.2) is 17.8 Å². The molecule has 4 aromatic heterocycles. The highest BCUT2D eigenvalue weighted by Gasteiger charge is 2.63. The Morgan fingerprint density at radius 1 is 0.863 bits per heavy atom. The minimum atomic E-state index is -0.260. The summed E-state index contributed by atoms with van der Waals surface area (Å²) in [4.78, 5) is 0. The Balaban J connectivity index is 1.32. The molecule has 0 N–H and O–H groups in total. The van der Waals surface area contributed by atoms with Crippen LogP contribution in [0.1, 0.15) is 103 Å². The lowest BCUT2D eigenvalue weighted by Gasteiger charge is -2.47. The summed E-state index contributed by atoms with van der Waals surface area (Å²) >= 11 is 1.99. The molecule has 0 saturated carbocycles. The van der Waals surface area contributed by atoms with Crippen LogP contribution in [0.2, 0.25) is 0 Å². The van der Waals surface area contributed by atoms with E-state index < -0.39 is 0 Å². The average molecular weight is 691 g/mol. The van der Waals surface area contributed by atoms with E-state index in [1.165, 1.54) is 77.7 Å². The summed E-state index contributed by atoms with van der Waals surface area (Å²) in [6, 6.07) is 34.9. The fourth-order valence-corrected chi connectivity index (χ4v) is 11.1. The largest absolute Gasteiger partial charge is 0.246 e. The van der Waals surface area contributed by atoms with Crippen LogP contribution in [0.25, 0.3) is 53.7 Å². The average Bonchev–Trinajstić information content (AvgIpc) is 3.85. The Bertz CT molecular complexity index is 2500. The van der Waals surface area contributed by atoms with Gasteiger partial charge in [-0.3, -0.25) is 0 Å². The monoisotopic (exact) mass is 690 g/mol. The molecule has 9 rings (SSSR count). The molecule has 5 heteroatoms. The van der Waals surface area contributed by atoms with Crippen LogP contribution >= 0.6 is 11.3 Å². The van der Waals surface area contributed by atoms with Crippen molar-refractivity contribution in [2.45, 2.75) is 110 Å². The van der Waals surface area contributed by atoms with Crippen molar-refractivity contribution >= 4 is 42.4 Å². The molecule has 51 heavy (non-hydrogen) atoms. The summed E-state index contributed by atoms with van der Waals surface area (Å²) in [5.74, 6) is 0. The highest BCUT2D eigenvalue weighted by Crippen LogP contribution is 2.53. The lowest BCUT2D eigenvalue weighted by atomic mass is 9.68. The van der Waals surface area contributed by atoms with Gasteiger partial charge in [0.2, 0.25) is 16.9 Å². The van der Waals surface area contributed by atoms with Crippen LogP contribution in [0.15, 0.2) is 97.2 Å². The molecule has 0 bridgehead atoms. The van der Waals surface area contributed by atoms with Gasteiger partial charge in [0, 0.05) is 67.2 Å². The van der Waals surface area contributed by atoms with Crippen LogP contribution in [0.3, 0.4) is 0 Å². The zero-order valence-electron chi connectivity index (χ0n) is 31.3. The molecule has 4 nitrogen and oxygen atoms in total. The zero-order valence-corrected chi connectivity index (χ0v) is 32.1. The third kappa shape index (κ3) is 4.46. The van der Waals surface area contributed by atoms with Crippen molar-refractivity contribution in [2.75, 3.05) is 0 Å². The van der Waals surface area contributed by atoms with Gasteiger partial charge in [0.1, 0.15) is 11.2 Å².